The van der Waals surface area contributed by atoms with Gasteiger partial charge in [-0.25, -0.2) is 8.78 Å². The van der Waals surface area contributed by atoms with E-state index < -0.39 is 17.7 Å². The largest absolute Gasteiger partial charge is 0.391 e. The van der Waals surface area contributed by atoms with E-state index in [2.05, 4.69) is 0 Å². The minimum atomic E-state index is -0.598. The van der Waals surface area contributed by atoms with Gasteiger partial charge in [-0.1, -0.05) is 25.0 Å². The van der Waals surface area contributed by atoms with Crippen LogP contribution in [-0.4, -0.2) is 28.1 Å². The van der Waals surface area contributed by atoms with Gasteiger partial charge in [0.25, 0.3) is 5.91 Å². The fourth-order valence-electron chi connectivity index (χ4n) is 4.34. The van der Waals surface area contributed by atoms with Gasteiger partial charge in [-0.3, -0.25) is 4.79 Å². The Labute approximate surface area is 157 Å². The van der Waals surface area contributed by atoms with Crippen LogP contribution in [0.5, 0.6) is 0 Å². The van der Waals surface area contributed by atoms with Crippen LogP contribution in [0, 0.1) is 18.6 Å². The first kappa shape index (κ1) is 18.1. The molecule has 2 aromatic carbocycles. The van der Waals surface area contributed by atoms with Crippen molar-refractivity contribution in [1.29, 1.82) is 0 Å². The van der Waals surface area contributed by atoms with Crippen molar-refractivity contribution in [2.75, 3.05) is 0 Å². The van der Waals surface area contributed by atoms with Gasteiger partial charge in [0.2, 0.25) is 0 Å². The molecule has 0 radical (unpaired) electrons. The first-order valence-electron chi connectivity index (χ1n) is 9.49. The molecule has 0 aromatic heterocycles. The van der Waals surface area contributed by atoms with Gasteiger partial charge in [-0.15, -0.1) is 0 Å². The number of aliphatic hydroxyl groups is 1. The van der Waals surface area contributed by atoms with Crippen molar-refractivity contribution in [3.8, 4) is 0 Å². The molecule has 1 amide bonds. The third-order valence-electron chi connectivity index (χ3n) is 5.88. The molecule has 1 fully saturated rings. The maximum atomic E-state index is 14.0. The lowest BCUT2D eigenvalue weighted by molar-refractivity contribution is 0.0191. The molecule has 0 bridgehead atoms. The highest BCUT2D eigenvalue weighted by atomic mass is 19.1. The summed E-state index contributed by atoms with van der Waals surface area (Å²) in [5, 5.41) is 10.3. The molecule has 4 rings (SSSR count). The second-order valence-corrected chi connectivity index (χ2v) is 7.70. The number of aryl methyl sites for hydroxylation is 1. The molecular weight excluding hydrogens is 348 g/mol. The number of rotatable bonds is 3. The maximum absolute atomic E-state index is 14.0. The average Bonchev–Trinajstić information content (AvgIpc) is 2.94. The van der Waals surface area contributed by atoms with E-state index in [9.17, 15) is 18.7 Å². The Morgan fingerprint density at radius 1 is 1.11 bits per heavy atom. The smallest absolute Gasteiger partial charge is 0.254 e. The molecule has 2 aliphatic rings. The van der Waals surface area contributed by atoms with Crippen molar-refractivity contribution in [3.63, 3.8) is 0 Å². The molecule has 1 aliphatic carbocycles. The first-order valence-corrected chi connectivity index (χ1v) is 9.49. The van der Waals surface area contributed by atoms with Crippen LogP contribution >= 0.6 is 0 Å². The Morgan fingerprint density at radius 2 is 1.89 bits per heavy atom. The average molecular weight is 371 g/mol. The van der Waals surface area contributed by atoms with Crippen LogP contribution in [-0.2, 0) is 13.0 Å². The number of nitrogens with zero attached hydrogens (tertiary/aromatic N) is 1. The highest BCUT2D eigenvalue weighted by molar-refractivity contribution is 5.99. The Balaban J connectivity index is 1.61. The topological polar surface area (TPSA) is 40.5 Å². The summed E-state index contributed by atoms with van der Waals surface area (Å²) in [4.78, 5) is 14.7. The normalized spacial score (nSPS) is 22.2. The van der Waals surface area contributed by atoms with Gasteiger partial charge in [-0.05, 0) is 54.2 Å². The highest BCUT2D eigenvalue weighted by Crippen LogP contribution is 2.33. The monoisotopic (exact) mass is 371 g/mol. The Hall–Kier alpha value is -2.27. The van der Waals surface area contributed by atoms with E-state index in [1.54, 1.807) is 4.90 Å². The van der Waals surface area contributed by atoms with Gasteiger partial charge in [-0.2, -0.15) is 0 Å². The summed E-state index contributed by atoms with van der Waals surface area (Å²) in [6.07, 6.45) is 3.43. The van der Waals surface area contributed by atoms with Crippen molar-refractivity contribution >= 4 is 5.91 Å². The molecule has 2 unspecified atom stereocenters. The summed E-state index contributed by atoms with van der Waals surface area (Å²) in [6, 6.07) is 7.28. The Kier molecular flexibility index (Phi) is 4.72. The maximum Gasteiger partial charge on any atom is 0.254 e. The number of carbonyl (C=O) groups excluding carboxylic acids is 1. The van der Waals surface area contributed by atoms with Crippen molar-refractivity contribution in [2.45, 2.75) is 57.7 Å². The zero-order chi connectivity index (χ0) is 19.1. The number of benzene rings is 2. The number of amides is 1. The number of carbonyl (C=O) groups is 1. The third kappa shape index (κ3) is 3.36. The lowest BCUT2D eigenvalue weighted by Gasteiger charge is -2.35. The van der Waals surface area contributed by atoms with Crippen LogP contribution in [0.15, 0.2) is 30.3 Å². The quantitative estimate of drug-likeness (QED) is 0.882. The number of aliphatic hydroxyl groups excluding tert-OH is 1. The first-order chi connectivity index (χ1) is 12.9. The van der Waals surface area contributed by atoms with E-state index in [0.29, 0.717) is 24.1 Å². The van der Waals surface area contributed by atoms with Crippen LogP contribution < -0.4 is 0 Å². The van der Waals surface area contributed by atoms with E-state index in [0.717, 1.165) is 48.4 Å². The lowest BCUT2D eigenvalue weighted by Crippen LogP contribution is -2.45. The molecule has 1 N–H and O–H groups in total. The number of halogens is 2. The molecule has 27 heavy (non-hydrogen) atoms. The minimum Gasteiger partial charge on any atom is -0.391 e. The molecule has 142 valence electrons. The van der Waals surface area contributed by atoms with Crippen LogP contribution in [0.3, 0.4) is 0 Å². The van der Waals surface area contributed by atoms with Crippen molar-refractivity contribution in [2.24, 2.45) is 0 Å². The summed E-state index contributed by atoms with van der Waals surface area (Å²) in [5.74, 6) is -1.23. The molecule has 0 spiro atoms. The second kappa shape index (κ2) is 7.04. The SMILES string of the molecule is Cc1cc2c(cc1Cc1ccc(F)cc1F)C(=O)N(C1CCCCC1O)C2. The van der Waals surface area contributed by atoms with E-state index in [1.165, 1.54) is 12.1 Å². The predicted octanol–water partition coefficient (Wildman–Crippen LogP) is 4.12. The lowest BCUT2D eigenvalue weighted by atomic mass is 9.91. The second-order valence-electron chi connectivity index (χ2n) is 7.70. The fraction of sp³-hybridized carbons (Fsp3) is 0.409. The van der Waals surface area contributed by atoms with E-state index in [4.69, 9.17) is 0 Å². The van der Waals surface area contributed by atoms with Crippen LogP contribution in [0.25, 0.3) is 0 Å². The van der Waals surface area contributed by atoms with Crippen molar-refractivity contribution in [1.82, 2.24) is 4.90 Å². The highest BCUT2D eigenvalue weighted by Gasteiger charge is 2.37. The number of hydrogen-bond acceptors (Lipinski definition) is 2. The number of fused-ring (bicyclic) bond motifs is 1. The van der Waals surface area contributed by atoms with Crippen LogP contribution in [0.1, 0.15) is 58.3 Å². The summed E-state index contributed by atoms with van der Waals surface area (Å²) < 4.78 is 27.2. The summed E-state index contributed by atoms with van der Waals surface area (Å²) in [5.41, 5.74) is 3.84. The predicted molar refractivity (Wildman–Crippen MR) is 98.5 cm³/mol. The molecule has 2 aromatic rings. The number of hydrogen-bond donors (Lipinski definition) is 1. The van der Waals surface area contributed by atoms with Gasteiger partial charge < -0.3 is 10.0 Å². The van der Waals surface area contributed by atoms with Gasteiger partial charge in [0, 0.05) is 24.6 Å². The van der Waals surface area contributed by atoms with Crippen molar-refractivity contribution in [3.05, 3.63) is 69.8 Å². The van der Waals surface area contributed by atoms with Crippen LogP contribution in [0.2, 0.25) is 0 Å². The zero-order valence-corrected chi connectivity index (χ0v) is 15.3. The van der Waals surface area contributed by atoms with Gasteiger partial charge in [0.05, 0.1) is 12.1 Å². The zero-order valence-electron chi connectivity index (χ0n) is 15.3. The summed E-state index contributed by atoms with van der Waals surface area (Å²) in [7, 11) is 0. The molecule has 5 heteroatoms. The van der Waals surface area contributed by atoms with E-state index >= 15 is 0 Å². The van der Waals surface area contributed by atoms with Crippen molar-refractivity contribution < 1.29 is 18.7 Å². The Morgan fingerprint density at radius 3 is 2.63 bits per heavy atom. The van der Waals surface area contributed by atoms with Gasteiger partial charge >= 0.3 is 0 Å². The molecule has 0 saturated heterocycles. The summed E-state index contributed by atoms with van der Waals surface area (Å²) >= 11 is 0. The van der Waals surface area contributed by atoms with Gasteiger partial charge in [0.1, 0.15) is 11.6 Å². The summed E-state index contributed by atoms with van der Waals surface area (Å²) in [6.45, 7) is 2.46. The molecular formula is C22H23F2NO2. The fourth-order valence-corrected chi connectivity index (χ4v) is 4.34. The molecule has 1 aliphatic heterocycles. The van der Waals surface area contributed by atoms with Crippen LogP contribution in [0.4, 0.5) is 8.78 Å². The van der Waals surface area contributed by atoms with E-state index in [-0.39, 0.29) is 11.9 Å². The molecule has 2 atom stereocenters. The molecule has 3 nitrogen and oxygen atoms in total. The molecule has 1 saturated carbocycles. The van der Waals surface area contributed by atoms with Gasteiger partial charge in [0.15, 0.2) is 0 Å². The Bertz CT molecular complexity index is 896. The third-order valence-corrected chi connectivity index (χ3v) is 5.88. The minimum absolute atomic E-state index is 0.0585. The standard InChI is InChI=1S/C22H23F2NO2/c1-13-8-16-12-25(20-4-2-3-5-21(20)26)22(27)18(16)10-15(13)9-14-6-7-17(23)11-19(14)24/h6-8,10-11,20-21,26H,2-5,9,12H2,1H3. The molecule has 1 heterocycles. The van der Waals surface area contributed by atoms with E-state index in [1.807, 2.05) is 19.1 Å².